The second-order valence-corrected chi connectivity index (χ2v) is 4.72. The zero-order valence-electron chi connectivity index (χ0n) is 9.65. The molecule has 5 nitrogen and oxygen atoms in total. The van der Waals surface area contributed by atoms with E-state index >= 15 is 0 Å². The molecule has 2 unspecified atom stereocenters. The molecule has 2 aliphatic heterocycles. The van der Waals surface area contributed by atoms with Crippen LogP contribution in [0.15, 0.2) is 0 Å². The molecule has 16 heavy (non-hydrogen) atoms. The fourth-order valence-corrected chi connectivity index (χ4v) is 2.42. The molecule has 0 bridgehead atoms. The van der Waals surface area contributed by atoms with Crippen molar-refractivity contribution < 1.29 is 19.4 Å². The second kappa shape index (κ2) is 4.69. The van der Waals surface area contributed by atoms with E-state index in [9.17, 15) is 4.79 Å². The van der Waals surface area contributed by atoms with Gasteiger partial charge in [0.25, 0.3) is 0 Å². The number of methoxy groups -OCH3 is 1. The number of amides is 1. The third-order valence-corrected chi connectivity index (χ3v) is 3.53. The molecule has 2 saturated heterocycles. The highest BCUT2D eigenvalue weighted by Crippen LogP contribution is 2.27. The van der Waals surface area contributed by atoms with Crippen LogP contribution in [0.3, 0.4) is 0 Å². The van der Waals surface area contributed by atoms with Crippen molar-refractivity contribution in [2.75, 3.05) is 40.0 Å². The molecule has 0 aromatic heterocycles. The van der Waals surface area contributed by atoms with Crippen molar-refractivity contribution in [3.8, 4) is 0 Å². The maximum atomic E-state index is 11.7. The van der Waals surface area contributed by atoms with Crippen LogP contribution in [-0.4, -0.2) is 61.5 Å². The maximum Gasteiger partial charge on any atom is 0.223 e. The molecule has 1 amide bonds. The number of likely N-dealkylation sites (tertiary alicyclic amines) is 1. The van der Waals surface area contributed by atoms with Crippen LogP contribution in [0.5, 0.6) is 0 Å². The number of hydrogen-bond donors (Lipinski definition) is 1. The van der Waals surface area contributed by atoms with Gasteiger partial charge in [-0.2, -0.15) is 0 Å². The van der Waals surface area contributed by atoms with E-state index in [2.05, 4.69) is 0 Å². The van der Waals surface area contributed by atoms with Gasteiger partial charge in [-0.25, -0.2) is 0 Å². The Labute approximate surface area is 95.3 Å². The highest BCUT2D eigenvalue weighted by Gasteiger charge is 2.40. The number of aliphatic hydroxyl groups is 1. The number of rotatable bonds is 4. The Morgan fingerprint density at radius 1 is 1.69 bits per heavy atom. The quantitative estimate of drug-likeness (QED) is 0.714. The van der Waals surface area contributed by atoms with E-state index in [1.807, 2.05) is 0 Å². The summed E-state index contributed by atoms with van der Waals surface area (Å²) in [5, 5.41) is 9.05. The molecule has 2 atom stereocenters. The van der Waals surface area contributed by atoms with Gasteiger partial charge >= 0.3 is 0 Å². The lowest BCUT2D eigenvalue weighted by molar-refractivity contribution is -0.132. The van der Waals surface area contributed by atoms with E-state index in [0.29, 0.717) is 32.7 Å². The van der Waals surface area contributed by atoms with E-state index in [1.54, 1.807) is 12.0 Å². The van der Waals surface area contributed by atoms with Gasteiger partial charge in [-0.15, -0.1) is 0 Å². The standard InChI is InChI=1S/C11H19NO4/c1-15-11(2-3-16-8-11)7-12-5-9(6-13)4-10(12)14/h9,13H,2-8H2,1H3. The van der Waals surface area contributed by atoms with E-state index in [1.165, 1.54) is 0 Å². The van der Waals surface area contributed by atoms with E-state index in [4.69, 9.17) is 14.6 Å². The zero-order valence-corrected chi connectivity index (χ0v) is 9.65. The third-order valence-electron chi connectivity index (χ3n) is 3.53. The fourth-order valence-electron chi connectivity index (χ4n) is 2.42. The predicted molar refractivity (Wildman–Crippen MR) is 56.9 cm³/mol. The monoisotopic (exact) mass is 229 g/mol. The van der Waals surface area contributed by atoms with Crippen molar-refractivity contribution in [1.82, 2.24) is 4.90 Å². The summed E-state index contributed by atoms with van der Waals surface area (Å²) in [6.07, 6.45) is 1.29. The van der Waals surface area contributed by atoms with Crippen LogP contribution in [-0.2, 0) is 14.3 Å². The molecular weight excluding hydrogens is 210 g/mol. The minimum absolute atomic E-state index is 0.0821. The van der Waals surface area contributed by atoms with Gasteiger partial charge in [0.15, 0.2) is 0 Å². The molecule has 0 spiro atoms. The van der Waals surface area contributed by atoms with Crippen LogP contribution in [0.1, 0.15) is 12.8 Å². The summed E-state index contributed by atoms with van der Waals surface area (Å²) in [6, 6.07) is 0. The Bertz CT molecular complexity index is 263. The predicted octanol–water partition coefficient (Wildman–Crippen LogP) is -0.367. The van der Waals surface area contributed by atoms with Crippen LogP contribution in [0.2, 0.25) is 0 Å². The molecule has 5 heteroatoms. The molecule has 0 saturated carbocycles. The number of ether oxygens (including phenoxy) is 2. The van der Waals surface area contributed by atoms with Crippen LogP contribution < -0.4 is 0 Å². The summed E-state index contributed by atoms with van der Waals surface area (Å²) in [7, 11) is 1.67. The normalized spacial score (nSPS) is 35.0. The summed E-state index contributed by atoms with van der Waals surface area (Å²) in [5.41, 5.74) is -0.333. The lowest BCUT2D eigenvalue weighted by Crippen LogP contribution is -2.45. The lowest BCUT2D eigenvalue weighted by atomic mass is 10.0. The third kappa shape index (κ3) is 2.21. The van der Waals surface area contributed by atoms with Crippen molar-refractivity contribution in [2.45, 2.75) is 18.4 Å². The summed E-state index contributed by atoms with van der Waals surface area (Å²) in [5.74, 6) is 0.200. The number of aliphatic hydroxyl groups excluding tert-OH is 1. The average Bonchev–Trinajstić information content (AvgIpc) is 2.88. The molecule has 0 aliphatic carbocycles. The van der Waals surface area contributed by atoms with Crippen LogP contribution in [0.25, 0.3) is 0 Å². The molecule has 0 radical (unpaired) electrons. The highest BCUT2D eigenvalue weighted by molar-refractivity contribution is 5.78. The van der Waals surface area contributed by atoms with Crippen LogP contribution in [0, 0.1) is 5.92 Å². The first-order valence-electron chi connectivity index (χ1n) is 5.71. The van der Waals surface area contributed by atoms with Crippen molar-refractivity contribution in [3.05, 3.63) is 0 Å². The van der Waals surface area contributed by atoms with E-state index in [0.717, 1.165) is 6.42 Å². The van der Waals surface area contributed by atoms with Gasteiger partial charge in [-0.1, -0.05) is 0 Å². The van der Waals surface area contributed by atoms with Crippen molar-refractivity contribution in [2.24, 2.45) is 5.92 Å². The summed E-state index contributed by atoms with van der Waals surface area (Å²) < 4.78 is 10.8. The Balaban J connectivity index is 1.96. The van der Waals surface area contributed by atoms with Crippen molar-refractivity contribution in [1.29, 1.82) is 0 Å². The molecule has 2 fully saturated rings. The van der Waals surface area contributed by atoms with Crippen molar-refractivity contribution >= 4 is 5.91 Å². The van der Waals surface area contributed by atoms with E-state index < -0.39 is 0 Å². The summed E-state index contributed by atoms with van der Waals surface area (Å²) >= 11 is 0. The second-order valence-electron chi connectivity index (χ2n) is 4.72. The van der Waals surface area contributed by atoms with Gasteiger partial charge in [0.2, 0.25) is 5.91 Å². The summed E-state index contributed by atoms with van der Waals surface area (Å²) in [6.45, 7) is 2.55. The molecule has 0 aromatic rings. The highest BCUT2D eigenvalue weighted by atomic mass is 16.5. The van der Waals surface area contributed by atoms with Gasteiger partial charge in [-0.05, 0) is 0 Å². The van der Waals surface area contributed by atoms with Crippen molar-refractivity contribution in [3.63, 3.8) is 0 Å². The first-order chi connectivity index (χ1) is 7.69. The first kappa shape index (κ1) is 11.8. The number of carbonyl (C=O) groups is 1. The fraction of sp³-hybridized carbons (Fsp3) is 0.909. The van der Waals surface area contributed by atoms with Gasteiger partial charge in [-0.3, -0.25) is 4.79 Å². The molecule has 1 N–H and O–H groups in total. The zero-order chi connectivity index (χ0) is 11.6. The minimum atomic E-state index is -0.333. The van der Waals surface area contributed by atoms with E-state index in [-0.39, 0.29) is 24.0 Å². The Kier molecular flexibility index (Phi) is 3.47. The molecule has 2 rings (SSSR count). The molecule has 0 aromatic carbocycles. The molecule has 2 aliphatic rings. The number of nitrogens with zero attached hydrogens (tertiary/aromatic N) is 1. The Hall–Kier alpha value is -0.650. The topological polar surface area (TPSA) is 59.0 Å². The van der Waals surface area contributed by atoms with Crippen LogP contribution in [0.4, 0.5) is 0 Å². The SMILES string of the molecule is COC1(CN2CC(CO)CC2=O)CCOC1. The average molecular weight is 229 g/mol. The largest absolute Gasteiger partial charge is 0.396 e. The number of hydrogen-bond acceptors (Lipinski definition) is 4. The smallest absolute Gasteiger partial charge is 0.223 e. The van der Waals surface area contributed by atoms with Gasteiger partial charge < -0.3 is 19.5 Å². The van der Waals surface area contributed by atoms with Crippen LogP contribution >= 0.6 is 0 Å². The van der Waals surface area contributed by atoms with Gasteiger partial charge in [0, 0.05) is 45.6 Å². The van der Waals surface area contributed by atoms with Gasteiger partial charge in [0.05, 0.1) is 13.2 Å². The molecule has 2 heterocycles. The molecule has 92 valence electrons. The molecular formula is C11H19NO4. The Morgan fingerprint density at radius 3 is 3.00 bits per heavy atom. The minimum Gasteiger partial charge on any atom is -0.396 e. The van der Waals surface area contributed by atoms with Gasteiger partial charge in [0.1, 0.15) is 5.60 Å². The maximum absolute atomic E-state index is 11.7. The first-order valence-corrected chi connectivity index (χ1v) is 5.71. The lowest BCUT2D eigenvalue weighted by Gasteiger charge is -2.31. The summed E-state index contributed by atoms with van der Waals surface area (Å²) in [4.78, 5) is 13.5. The Morgan fingerprint density at radius 2 is 2.50 bits per heavy atom. The number of carbonyl (C=O) groups excluding carboxylic acids is 1.